The van der Waals surface area contributed by atoms with E-state index in [-0.39, 0.29) is 5.91 Å². The van der Waals surface area contributed by atoms with Crippen molar-refractivity contribution in [2.75, 3.05) is 11.1 Å². The largest absolute Gasteiger partial charge is 0.296 e. The molecule has 1 N–H and O–H groups in total. The summed E-state index contributed by atoms with van der Waals surface area (Å²) in [5, 5.41) is 15.0. The average molecular weight is 313 g/mol. The number of rotatable bonds is 6. The van der Waals surface area contributed by atoms with E-state index in [0.717, 1.165) is 21.6 Å². The van der Waals surface area contributed by atoms with Gasteiger partial charge in [-0.1, -0.05) is 40.6 Å². The molecule has 0 saturated carbocycles. The van der Waals surface area contributed by atoms with Crippen LogP contribution >= 0.6 is 34.6 Å². The van der Waals surface area contributed by atoms with Gasteiger partial charge in [0.2, 0.25) is 5.13 Å². The number of nitrogens with one attached hydrogen (secondary N) is 1. The van der Waals surface area contributed by atoms with Gasteiger partial charge in [-0.2, -0.15) is 0 Å². The molecule has 0 radical (unpaired) electrons. The Morgan fingerprint density at radius 3 is 3.05 bits per heavy atom. The van der Waals surface area contributed by atoms with Gasteiger partial charge in [-0.05, 0) is 18.0 Å². The molecule has 0 aliphatic rings. The summed E-state index contributed by atoms with van der Waals surface area (Å²) in [6.45, 7) is 5.57. The van der Waals surface area contributed by atoms with Crippen LogP contribution in [0.5, 0.6) is 0 Å². The number of hydrogen-bond donors (Lipinski definition) is 1. The molecule has 19 heavy (non-hydrogen) atoms. The highest BCUT2D eigenvalue weighted by Crippen LogP contribution is 2.26. The second kappa shape index (κ2) is 6.73. The summed E-state index contributed by atoms with van der Waals surface area (Å²) < 4.78 is 4.58. The van der Waals surface area contributed by atoms with Crippen LogP contribution in [0.2, 0.25) is 0 Å². The minimum absolute atomic E-state index is 0.233. The molecule has 2 heterocycles. The van der Waals surface area contributed by atoms with Gasteiger partial charge in [-0.25, -0.2) is 0 Å². The summed E-state index contributed by atoms with van der Waals surface area (Å²) in [6.07, 6.45) is 2.47. The van der Waals surface area contributed by atoms with Crippen molar-refractivity contribution in [2.24, 2.45) is 0 Å². The van der Waals surface area contributed by atoms with Crippen LogP contribution in [-0.4, -0.2) is 31.4 Å². The number of aryl methyl sites for hydroxylation is 1. The standard InChI is InChI=1S/C10H11N5OS3/c1-3-5-17-10-14-13-9(18-10)11-8(16)7-6(4-2)12-15-19-7/h3H,1,4-5H2,2H3,(H,11,13,16). The summed E-state index contributed by atoms with van der Waals surface area (Å²) in [6, 6.07) is 0. The van der Waals surface area contributed by atoms with Crippen LogP contribution in [0.3, 0.4) is 0 Å². The average Bonchev–Trinajstić information content (AvgIpc) is 3.04. The predicted molar refractivity (Wildman–Crippen MR) is 78.1 cm³/mol. The van der Waals surface area contributed by atoms with E-state index in [9.17, 15) is 4.79 Å². The van der Waals surface area contributed by atoms with Gasteiger partial charge in [0.25, 0.3) is 5.91 Å². The number of aromatic nitrogens is 4. The molecule has 0 atom stereocenters. The third-order valence-electron chi connectivity index (χ3n) is 2.05. The smallest absolute Gasteiger partial charge is 0.271 e. The molecule has 0 aliphatic heterocycles. The van der Waals surface area contributed by atoms with Crippen molar-refractivity contribution < 1.29 is 4.79 Å². The van der Waals surface area contributed by atoms with E-state index in [0.29, 0.717) is 22.1 Å². The summed E-state index contributed by atoms with van der Waals surface area (Å²) in [7, 11) is 0. The lowest BCUT2D eigenvalue weighted by molar-refractivity contribution is 0.102. The zero-order valence-electron chi connectivity index (χ0n) is 10.1. The van der Waals surface area contributed by atoms with Gasteiger partial charge in [-0.3, -0.25) is 10.1 Å². The zero-order chi connectivity index (χ0) is 13.7. The first kappa shape index (κ1) is 14.1. The molecule has 0 unspecified atom stereocenters. The number of thioether (sulfide) groups is 1. The predicted octanol–water partition coefficient (Wildman–Crippen LogP) is 2.48. The van der Waals surface area contributed by atoms with E-state index in [4.69, 9.17) is 0 Å². The number of carbonyl (C=O) groups is 1. The highest BCUT2D eigenvalue weighted by molar-refractivity contribution is 8.01. The Bertz CT molecular complexity index is 579. The molecule has 1 amide bonds. The van der Waals surface area contributed by atoms with Crippen LogP contribution in [0.25, 0.3) is 0 Å². The van der Waals surface area contributed by atoms with Crippen molar-refractivity contribution >= 4 is 45.7 Å². The molecule has 2 aromatic rings. The van der Waals surface area contributed by atoms with E-state index in [1.54, 1.807) is 6.08 Å². The molecule has 0 aromatic carbocycles. The molecule has 0 spiro atoms. The molecular weight excluding hydrogens is 302 g/mol. The quantitative estimate of drug-likeness (QED) is 0.501. The summed E-state index contributed by atoms with van der Waals surface area (Å²) in [4.78, 5) is 12.5. The maximum Gasteiger partial charge on any atom is 0.271 e. The summed E-state index contributed by atoms with van der Waals surface area (Å²) >= 11 is 3.95. The van der Waals surface area contributed by atoms with E-state index in [2.05, 4.69) is 31.7 Å². The fraction of sp³-hybridized carbons (Fsp3) is 0.300. The zero-order valence-corrected chi connectivity index (χ0v) is 12.6. The number of nitrogens with zero attached hydrogens (tertiary/aromatic N) is 4. The Morgan fingerprint density at radius 2 is 2.32 bits per heavy atom. The maximum atomic E-state index is 12.0. The lowest BCUT2D eigenvalue weighted by Gasteiger charge is -1.98. The topological polar surface area (TPSA) is 80.7 Å². The molecule has 0 bridgehead atoms. The first-order valence-electron chi connectivity index (χ1n) is 5.44. The number of amides is 1. The number of carbonyl (C=O) groups excluding carboxylic acids is 1. The van der Waals surface area contributed by atoms with Crippen molar-refractivity contribution in [1.82, 2.24) is 19.8 Å². The highest BCUT2D eigenvalue weighted by Gasteiger charge is 2.16. The molecule has 0 aliphatic carbocycles. The van der Waals surface area contributed by atoms with Crippen LogP contribution in [-0.2, 0) is 6.42 Å². The Kier molecular flexibility index (Phi) is 5.00. The van der Waals surface area contributed by atoms with Gasteiger partial charge in [0.05, 0.1) is 5.69 Å². The molecule has 0 saturated heterocycles. The third-order valence-corrected chi connectivity index (χ3v) is 4.78. The molecule has 9 heteroatoms. The maximum absolute atomic E-state index is 12.0. The lowest BCUT2D eigenvalue weighted by atomic mass is 10.3. The van der Waals surface area contributed by atoms with Gasteiger partial charge in [0.1, 0.15) is 4.88 Å². The normalized spacial score (nSPS) is 10.4. The second-order valence-corrected chi connectivity index (χ2v) is 6.33. The molecule has 100 valence electrons. The first-order valence-corrected chi connectivity index (χ1v) is 8.02. The van der Waals surface area contributed by atoms with E-state index < -0.39 is 0 Å². The van der Waals surface area contributed by atoms with Gasteiger partial charge in [0, 0.05) is 5.75 Å². The monoisotopic (exact) mass is 313 g/mol. The fourth-order valence-electron chi connectivity index (χ4n) is 1.22. The van der Waals surface area contributed by atoms with E-state index in [1.165, 1.54) is 23.1 Å². The summed E-state index contributed by atoms with van der Waals surface area (Å²) in [5.74, 6) is 0.532. The minimum Gasteiger partial charge on any atom is -0.296 e. The molecule has 2 rings (SSSR count). The fourth-order valence-corrected chi connectivity index (χ4v) is 3.37. The third kappa shape index (κ3) is 3.58. The van der Waals surface area contributed by atoms with Crippen LogP contribution in [0.1, 0.15) is 22.3 Å². The van der Waals surface area contributed by atoms with Crippen molar-refractivity contribution in [3.8, 4) is 0 Å². The van der Waals surface area contributed by atoms with E-state index >= 15 is 0 Å². The second-order valence-electron chi connectivity index (χ2n) is 3.33. The Balaban J connectivity index is 2.02. The Labute approximate surface area is 122 Å². The van der Waals surface area contributed by atoms with Crippen LogP contribution < -0.4 is 5.32 Å². The van der Waals surface area contributed by atoms with Crippen molar-refractivity contribution in [3.05, 3.63) is 23.2 Å². The minimum atomic E-state index is -0.233. The highest BCUT2D eigenvalue weighted by atomic mass is 32.2. The van der Waals surface area contributed by atoms with Gasteiger partial charge in [0.15, 0.2) is 4.34 Å². The van der Waals surface area contributed by atoms with Gasteiger partial charge in [-0.15, -0.1) is 21.9 Å². The van der Waals surface area contributed by atoms with Crippen molar-refractivity contribution in [1.29, 1.82) is 0 Å². The molecule has 6 nitrogen and oxygen atoms in total. The van der Waals surface area contributed by atoms with Crippen LogP contribution in [0.15, 0.2) is 17.0 Å². The van der Waals surface area contributed by atoms with Gasteiger partial charge >= 0.3 is 0 Å². The van der Waals surface area contributed by atoms with Gasteiger partial charge < -0.3 is 0 Å². The summed E-state index contributed by atoms with van der Waals surface area (Å²) in [5.41, 5.74) is 0.702. The first-order chi connectivity index (χ1) is 9.24. The molecule has 0 fully saturated rings. The molecular formula is C10H11N5OS3. The Hall–Kier alpha value is -1.32. The lowest BCUT2D eigenvalue weighted by Crippen LogP contribution is -2.12. The molecule has 2 aromatic heterocycles. The van der Waals surface area contributed by atoms with Crippen LogP contribution in [0.4, 0.5) is 5.13 Å². The van der Waals surface area contributed by atoms with Crippen LogP contribution in [0, 0.1) is 0 Å². The SMILES string of the molecule is C=CCSc1nnc(NC(=O)c2snnc2CC)s1. The van der Waals surface area contributed by atoms with Crippen molar-refractivity contribution in [2.45, 2.75) is 17.7 Å². The Morgan fingerprint density at radius 1 is 1.47 bits per heavy atom. The number of hydrogen-bond acceptors (Lipinski definition) is 8. The number of anilines is 1. The van der Waals surface area contributed by atoms with E-state index in [1.807, 2.05) is 6.92 Å². The van der Waals surface area contributed by atoms with Crippen molar-refractivity contribution in [3.63, 3.8) is 0 Å².